The van der Waals surface area contributed by atoms with Gasteiger partial charge in [0.25, 0.3) is 0 Å². The van der Waals surface area contributed by atoms with Gasteiger partial charge < -0.3 is 5.11 Å². The number of carbonyl (C=O) groups is 1. The molecule has 0 saturated carbocycles. The van der Waals surface area contributed by atoms with Crippen LogP contribution in [0.1, 0.15) is 119 Å². The Morgan fingerprint density at radius 2 is 1.55 bits per heavy atom. The summed E-state index contributed by atoms with van der Waals surface area (Å²) >= 11 is 1.94. The standard InChI is InChI=1S/C33H32NS.C15H28O2.Ir/c1-20(2)13-14-26-23-11-7-6-9-21(23)17-28-31-30-25(15-16-34-31)24-12-8-10-22(19-33(3,4)5)27(24)18-29(30)35-32(26)28;1-6-12(7-2)13(16)11-14(17)15(8-3,9-4)10-5;/h6-12,15-16,18,20H,13-14,19H2,1-5H3;11-12,17H,6-10H2,1-5H3;/q-1;;/b;14-11-;. The van der Waals surface area contributed by atoms with E-state index in [0.29, 0.717) is 5.92 Å². The van der Waals surface area contributed by atoms with E-state index in [-0.39, 0.29) is 48.4 Å². The van der Waals surface area contributed by atoms with Crippen molar-refractivity contribution >= 4 is 49.9 Å². The van der Waals surface area contributed by atoms with Gasteiger partial charge in [0, 0.05) is 54.3 Å². The molecule has 1 aliphatic heterocycles. The smallest absolute Gasteiger partial charge is 0.162 e. The van der Waals surface area contributed by atoms with Crippen molar-refractivity contribution in [2.24, 2.45) is 22.7 Å². The second-order valence-electron chi connectivity index (χ2n) is 16.4. The molecule has 285 valence electrons. The number of benzene rings is 4. The van der Waals surface area contributed by atoms with Crippen molar-refractivity contribution in [2.45, 2.75) is 130 Å². The SMILES string of the molecule is CC(C)CCc1c2c([c-]c3ccccc13)-c1nccc3c1c(cc1c(CC(C)(C)C)cccc13)S2.CCC(CC)C(=O)/C=C(\O)C(CC)(CC)CC.[Ir]. The maximum absolute atomic E-state index is 12.0. The minimum atomic E-state index is -0.207. The summed E-state index contributed by atoms with van der Waals surface area (Å²) in [5.74, 6) is 1.08. The van der Waals surface area contributed by atoms with Crippen molar-refractivity contribution in [2.75, 3.05) is 0 Å². The van der Waals surface area contributed by atoms with Crippen molar-refractivity contribution in [3.8, 4) is 11.3 Å². The third-order valence-electron chi connectivity index (χ3n) is 11.4. The number of aliphatic hydroxyl groups excluding tert-OH is 1. The van der Waals surface area contributed by atoms with Gasteiger partial charge in [0.2, 0.25) is 0 Å². The van der Waals surface area contributed by atoms with Crippen LogP contribution in [0.3, 0.4) is 0 Å². The maximum atomic E-state index is 12.0. The van der Waals surface area contributed by atoms with Crippen LogP contribution < -0.4 is 0 Å². The van der Waals surface area contributed by atoms with Gasteiger partial charge in [-0.15, -0.1) is 29.3 Å². The molecule has 1 aliphatic rings. The van der Waals surface area contributed by atoms with E-state index in [0.717, 1.165) is 50.6 Å². The number of aliphatic hydroxyl groups is 1. The predicted octanol–water partition coefficient (Wildman–Crippen LogP) is 14.3. The molecule has 0 spiro atoms. The number of rotatable bonds is 12. The Kier molecular flexibility index (Phi) is 14.6. The molecule has 0 saturated heterocycles. The number of hydrogen-bond acceptors (Lipinski definition) is 4. The fourth-order valence-electron chi connectivity index (χ4n) is 7.93. The first kappa shape index (κ1) is 42.8. The number of allylic oxidation sites excluding steroid dienone is 2. The number of hydrogen-bond donors (Lipinski definition) is 1. The van der Waals surface area contributed by atoms with Crippen molar-refractivity contribution in [1.82, 2.24) is 4.98 Å². The molecule has 0 unspecified atom stereocenters. The van der Waals surface area contributed by atoms with E-state index in [1.165, 1.54) is 71.3 Å². The first-order valence-corrected chi connectivity index (χ1v) is 20.6. The molecule has 5 aromatic rings. The van der Waals surface area contributed by atoms with Crippen molar-refractivity contribution in [1.29, 1.82) is 0 Å². The number of aromatic nitrogens is 1. The summed E-state index contributed by atoms with van der Waals surface area (Å²) < 4.78 is 0. The summed E-state index contributed by atoms with van der Waals surface area (Å²) in [6.07, 6.45) is 11.1. The first-order chi connectivity index (χ1) is 24.8. The van der Waals surface area contributed by atoms with Crippen molar-refractivity contribution < 1.29 is 30.0 Å². The Balaban J connectivity index is 0.000000299. The largest absolute Gasteiger partial charge is 0.512 e. The predicted molar refractivity (Wildman–Crippen MR) is 225 cm³/mol. The minimum absolute atomic E-state index is 0. The molecule has 1 radical (unpaired) electrons. The summed E-state index contributed by atoms with van der Waals surface area (Å²) in [7, 11) is 0. The molecule has 0 bridgehead atoms. The minimum Gasteiger partial charge on any atom is -0.512 e. The molecule has 4 aromatic carbocycles. The molecule has 0 aliphatic carbocycles. The molecule has 0 fully saturated rings. The average Bonchev–Trinajstić information content (AvgIpc) is 3.12. The zero-order valence-electron chi connectivity index (χ0n) is 33.7. The van der Waals surface area contributed by atoms with Gasteiger partial charge in [-0.1, -0.05) is 122 Å². The summed E-state index contributed by atoms with van der Waals surface area (Å²) in [5.41, 5.74) is 5.19. The number of nitrogens with zero attached hydrogens (tertiary/aromatic N) is 1. The van der Waals surface area contributed by atoms with E-state index in [1.54, 1.807) is 0 Å². The summed E-state index contributed by atoms with van der Waals surface area (Å²) in [6, 6.07) is 24.0. The molecule has 0 amide bonds. The van der Waals surface area contributed by atoms with Crippen LogP contribution in [-0.4, -0.2) is 15.9 Å². The van der Waals surface area contributed by atoms with Crippen LogP contribution in [0, 0.1) is 28.7 Å². The zero-order chi connectivity index (χ0) is 37.8. The summed E-state index contributed by atoms with van der Waals surface area (Å²) in [4.78, 5) is 19.6. The molecular formula is C48H60IrNO2S-. The summed E-state index contributed by atoms with van der Waals surface area (Å²) in [5, 5.41) is 18.0. The van der Waals surface area contributed by atoms with Gasteiger partial charge >= 0.3 is 0 Å². The molecule has 1 aromatic heterocycles. The van der Waals surface area contributed by atoms with Gasteiger partial charge in [0.1, 0.15) is 5.76 Å². The van der Waals surface area contributed by atoms with E-state index >= 15 is 0 Å². The molecule has 0 atom stereocenters. The molecule has 53 heavy (non-hydrogen) atoms. The summed E-state index contributed by atoms with van der Waals surface area (Å²) in [6.45, 7) is 21.8. The van der Waals surface area contributed by atoms with E-state index in [9.17, 15) is 9.90 Å². The Hall–Kier alpha value is -2.98. The zero-order valence-corrected chi connectivity index (χ0v) is 36.9. The van der Waals surface area contributed by atoms with Crippen LogP contribution in [0.4, 0.5) is 0 Å². The Morgan fingerprint density at radius 3 is 2.17 bits per heavy atom. The topological polar surface area (TPSA) is 50.2 Å². The van der Waals surface area contributed by atoms with Crippen LogP contribution >= 0.6 is 11.8 Å². The first-order valence-electron chi connectivity index (χ1n) is 19.7. The van der Waals surface area contributed by atoms with Gasteiger partial charge in [0.15, 0.2) is 5.78 Å². The molecular weight excluding hydrogens is 847 g/mol. The van der Waals surface area contributed by atoms with Crippen LogP contribution in [0.2, 0.25) is 0 Å². The number of fused-ring (bicyclic) bond motifs is 5. The fraction of sp³-hybridized carbons (Fsp3) is 0.458. The second-order valence-corrected chi connectivity index (χ2v) is 17.4. The molecule has 1 N–H and O–H groups in total. The molecule has 5 heteroatoms. The van der Waals surface area contributed by atoms with Gasteiger partial charge in [-0.05, 0) is 107 Å². The number of ketones is 1. The van der Waals surface area contributed by atoms with E-state index in [4.69, 9.17) is 4.98 Å². The Bertz CT molecular complexity index is 2070. The fourth-order valence-corrected chi connectivity index (χ4v) is 9.22. The van der Waals surface area contributed by atoms with Crippen LogP contribution in [0.25, 0.3) is 43.6 Å². The Labute approximate surface area is 337 Å². The van der Waals surface area contributed by atoms with Gasteiger partial charge in [-0.3, -0.25) is 9.78 Å². The van der Waals surface area contributed by atoms with Gasteiger partial charge in [-0.2, -0.15) is 0 Å². The van der Waals surface area contributed by atoms with E-state index < -0.39 is 0 Å². The van der Waals surface area contributed by atoms with Gasteiger partial charge in [0.05, 0.1) is 0 Å². The third-order valence-corrected chi connectivity index (χ3v) is 12.6. The van der Waals surface area contributed by atoms with E-state index in [1.807, 2.05) is 31.8 Å². The van der Waals surface area contributed by atoms with Gasteiger partial charge in [-0.25, -0.2) is 0 Å². The molecule has 3 nitrogen and oxygen atoms in total. The monoisotopic (exact) mass is 907 g/mol. The molecule has 2 heterocycles. The number of aryl methyl sites for hydroxylation is 1. The number of pyridine rings is 1. The normalized spacial score (nSPS) is 12.9. The third kappa shape index (κ3) is 9.12. The van der Waals surface area contributed by atoms with Crippen LogP contribution in [-0.2, 0) is 37.7 Å². The van der Waals surface area contributed by atoms with Crippen molar-refractivity contribution in [3.63, 3.8) is 0 Å². The average molecular weight is 907 g/mol. The maximum Gasteiger partial charge on any atom is 0.162 e. The van der Waals surface area contributed by atoms with Crippen LogP contribution in [0.15, 0.2) is 82.4 Å². The van der Waals surface area contributed by atoms with Crippen molar-refractivity contribution in [3.05, 3.63) is 89.8 Å². The second kappa shape index (κ2) is 18.1. The molecule has 6 rings (SSSR count). The number of carbonyl (C=O) groups excluding carboxylic acids is 1. The quantitative estimate of drug-likeness (QED) is 0.0575. The Morgan fingerprint density at radius 1 is 0.887 bits per heavy atom. The van der Waals surface area contributed by atoms with Crippen LogP contribution in [0.5, 0.6) is 0 Å². The van der Waals surface area contributed by atoms with E-state index in [2.05, 4.69) is 116 Å².